The molecule has 0 saturated heterocycles. The third-order valence-electron chi connectivity index (χ3n) is 5.29. The van der Waals surface area contributed by atoms with Crippen molar-refractivity contribution < 1.29 is 18.0 Å². The number of halogens is 4. The van der Waals surface area contributed by atoms with Crippen molar-refractivity contribution in [2.45, 2.75) is 25.7 Å². The van der Waals surface area contributed by atoms with Gasteiger partial charge in [-0.2, -0.15) is 13.2 Å². The van der Waals surface area contributed by atoms with E-state index in [0.29, 0.717) is 18.1 Å². The SMILES string of the molecule is Cc1ccc(C(=O)N2CCn3cccc3[C@H]2c2ccccc2Cl)cc1C(F)(F)F. The maximum atomic E-state index is 13.3. The molecule has 3 aromatic rings. The lowest BCUT2D eigenvalue weighted by atomic mass is 9.97. The molecule has 4 rings (SSSR count). The number of alkyl halides is 3. The Morgan fingerprint density at radius 1 is 1.07 bits per heavy atom. The van der Waals surface area contributed by atoms with Crippen molar-refractivity contribution in [3.8, 4) is 0 Å². The molecular formula is C22H18ClF3N2O. The molecule has 0 fully saturated rings. The van der Waals surface area contributed by atoms with Crippen molar-refractivity contribution in [2.24, 2.45) is 0 Å². The zero-order valence-electron chi connectivity index (χ0n) is 15.6. The van der Waals surface area contributed by atoms with Crippen LogP contribution in [-0.2, 0) is 12.7 Å². The minimum Gasteiger partial charge on any atom is -0.348 e. The number of nitrogens with zero attached hydrogens (tertiary/aromatic N) is 2. The first kappa shape index (κ1) is 19.6. The average molecular weight is 419 g/mol. The van der Waals surface area contributed by atoms with E-state index in [2.05, 4.69) is 0 Å². The Hall–Kier alpha value is -2.73. The van der Waals surface area contributed by atoms with Crippen LogP contribution in [0.1, 0.15) is 38.8 Å². The number of benzene rings is 2. The minimum atomic E-state index is -4.51. The molecular weight excluding hydrogens is 401 g/mol. The van der Waals surface area contributed by atoms with Gasteiger partial charge in [0.25, 0.3) is 5.91 Å². The van der Waals surface area contributed by atoms with Crippen LogP contribution in [0.3, 0.4) is 0 Å². The lowest BCUT2D eigenvalue weighted by Gasteiger charge is -2.38. The number of aromatic nitrogens is 1. The van der Waals surface area contributed by atoms with E-state index in [9.17, 15) is 18.0 Å². The van der Waals surface area contributed by atoms with E-state index in [-0.39, 0.29) is 11.1 Å². The Labute approximate surface area is 171 Å². The lowest BCUT2D eigenvalue weighted by Crippen LogP contribution is -2.42. The largest absolute Gasteiger partial charge is 0.416 e. The van der Waals surface area contributed by atoms with Crippen LogP contribution in [0.25, 0.3) is 0 Å². The standard InChI is InChI=1S/C22H18ClF3N2O/c1-14-8-9-15(13-17(14)22(24,25)26)21(29)28-12-11-27-10-4-7-19(27)20(28)16-5-2-3-6-18(16)23/h2-10,13,20H,11-12H2,1H3/t20-/m1/s1. The van der Waals surface area contributed by atoms with Gasteiger partial charge < -0.3 is 9.47 Å². The fourth-order valence-electron chi connectivity index (χ4n) is 3.85. The third-order valence-corrected chi connectivity index (χ3v) is 5.63. The molecule has 0 radical (unpaired) electrons. The molecule has 0 aliphatic carbocycles. The molecule has 1 atom stereocenters. The van der Waals surface area contributed by atoms with Crippen LogP contribution in [0.5, 0.6) is 0 Å². The molecule has 0 spiro atoms. The first-order chi connectivity index (χ1) is 13.8. The number of aryl methyl sites for hydroxylation is 1. The molecule has 3 nitrogen and oxygen atoms in total. The van der Waals surface area contributed by atoms with E-state index in [4.69, 9.17) is 11.6 Å². The highest BCUT2D eigenvalue weighted by atomic mass is 35.5. The molecule has 0 N–H and O–H groups in total. The molecule has 1 aromatic heterocycles. The number of fused-ring (bicyclic) bond motifs is 1. The Kier molecular flexibility index (Phi) is 4.90. The first-order valence-electron chi connectivity index (χ1n) is 9.15. The van der Waals surface area contributed by atoms with Crippen LogP contribution in [0, 0.1) is 6.92 Å². The zero-order valence-corrected chi connectivity index (χ0v) is 16.3. The summed E-state index contributed by atoms with van der Waals surface area (Å²) >= 11 is 6.42. The second-order valence-electron chi connectivity index (χ2n) is 7.08. The molecule has 1 aliphatic rings. The van der Waals surface area contributed by atoms with Crippen LogP contribution in [0.2, 0.25) is 5.02 Å². The summed E-state index contributed by atoms with van der Waals surface area (Å²) in [5, 5.41) is 0.504. The third kappa shape index (κ3) is 3.53. The average Bonchev–Trinajstić information content (AvgIpc) is 3.15. The van der Waals surface area contributed by atoms with Crippen molar-refractivity contribution in [2.75, 3.05) is 6.54 Å². The van der Waals surface area contributed by atoms with E-state index in [1.165, 1.54) is 19.1 Å². The van der Waals surface area contributed by atoms with Crippen LogP contribution in [0.15, 0.2) is 60.8 Å². The Bertz CT molecular complexity index is 1070. The first-order valence-corrected chi connectivity index (χ1v) is 9.53. The predicted octanol–water partition coefficient (Wildman–Crippen LogP) is 5.71. The van der Waals surface area contributed by atoms with Gasteiger partial charge in [0.05, 0.1) is 11.6 Å². The van der Waals surface area contributed by atoms with E-state index in [1.54, 1.807) is 17.0 Å². The summed E-state index contributed by atoms with van der Waals surface area (Å²) in [7, 11) is 0. The van der Waals surface area contributed by atoms with Crippen molar-refractivity contribution in [3.05, 3.63) is 93.8 Å². The van der Waals surface area contributed by atoms with E-state index in [0.717, 1.165) is 17.3 Å². The van der Waals surface area contributed by atoms with E-state index >= 15 is 0 Å². The van der Waals surface area contributed by atoms with Gasteiger partial charge in [-0.25, -0.2) is 0 Å². The number of hydrogen-bond donors (Lipinski definition) is 0. The fraction of sp³-hybridized carbons (Fsp3) is 0.227. The number of hydrogen-bond acceptors (Lipinski definition) is 1. The monoisotopic (exact) mass is 418 g/mol. The minimum absolute atomic E-state index is 0.0139. The highest BCUT2D eigenvalue weighted by Crippen LogP contribution is 2.38. The summed E-state index contributed by atoms with van der Waals surface area (Å²) in [5.74, 6) is -0.451. The zero-order chi connectivity index (χ0) is 20.8. The van der Waals surface area contributed by atoms with Gasteiger partial charge in [-0.05, 0) is 48.4 Å². The van der Waals surface area contributed by atoms with Gasteiger partial charge in [0.15, 0.2) is 0 Å². The normalized spacial score (nSPS) is 16.6. The topological polar surface area (TPSA) is 25.2 Å². The van der Waals surface area contributed by atoms with Gasteiger partial charge in [-0.1, -0.05) is 35.9 Å². The Morgan fingerprint density at radius 2 is 1.83 bits per heavy atom. The second-order valence-corrected chi connectivity index (χ2v) is 7.48. The highest BCUT2D eigenvalue weighted by Gasteiger charge is 2.36. The van der Waals surface area contributed by atoms with E-state index in [1.807, 2.05) is 35.0 Å². The summed E-state index contributed by atoms with van der Waals surface area (Å²) in [4.78, 5) is 14.9. The van der Waals surface area contributed by atoms with Gasteiger partial charge in [0, 0.05) is 35.6 Å². The highest BCUT2D eigenvalue weighted by molar-refractivity contribution is 6.31. The van der Waals surface area contributed by atoms with Crippen LogP contribution < -0.4 is 0 Å². The predicted molar refractivity (Wildman–Crippen MR) is 105 cm³/mol. The number of amides is 1. The molecule has 29 heavy (non-hydrogen) atoms. The summed E-state index contributed by atoms with van der Waals surface area (Å²) in [5.41, 5.74) is 0.924. The van der Waals surface area contributed by atoms with Crippen LogP contribution >= 0.6 is 11.6 Å². The molecule has 2 aromatic carbocycles. The van der Waals surface area contributed by atoms with Gasteiger partial charge in [-0.3, -0.25) is 4.79 Å². The lowest BCUT2D eigenvalue weighted by molar-refractivity contribution is -0.138. The quantitative estimate of drug-likeness (QED) is 0.523. The summed E-state index contributed by atoms with van der Waals surface area (Å²) < 4.78 is 42.1. The van der Waals surface area contributed by atoms with Crippen LogP contribution in [-0.4, -0.2) is 21.9 Å². The molecule has 0 bridgehead atoms. The van der Waals surface area contributed by atoms with Gasteiger partial charge >= 0.3 is 6.18 Å². The van der Waals surface area contributed by atoms with E-state index < -0.39 is 23.7 Å². The van der Waals surface area contributed by atoms with Gasteiger partial charge in [-0.15, -0.1) is 0 Å². The number of rotatable bonds is 2. The Balaban J connectivity index is 1.79. The van der Waals surface area contributed by atoms with Crippen molar-refractivity contribution in [1.82, 2.24) is 9.47 Å². The summed E-state index contributed by atoms with van der Waals surface area (Å²) in [6.45, 7) is 2.32. The molecule has 7 heteroatoms. The molecule has 150 valence electrons. The summed E-state index contributed by atoms with van der Waals surface area (Å²) in [6.07, 6.45) is -2.59. The van der Waals surface area contributed by atoms with Crippen molar-refractivity contribution in [1.29, 1.82) is 0 Å². The fourth-order valence-corrected chi connectivity index (χ4v) is 4.09. The van der Waals surface area contributed by atoms with Gasteiger partial charge in [0.2, 0.25) is 0 Å². The van der Waals surface area contributed by atoms with Gasteiger partial charge in [0.1, 0.15) is 0 Å². The number of carbonyl (C=O) groups is 1. The van der Waals surface area contributed by atoms with Crippen molar-refractivity contribution in [3.63, 3.8) is 0 Å². The summed E-state index contributed by atoms with van der Waals surface area (Å²) in [6, 6.07) is 14.3. The smallest absolute Gasteiger partial charge is 0.348 e. The maximum absolute atomic E-state index is 13.3. The molecule has 0 saturated carbocycles. The molecule has 2 heterocycles. The number of carbonyl (C=O) groups excluding carboxylic acids is 1. The molecule has 1 amide bonds. The van der Waals surface area contributed by atoms with Crippen molar-refractivity contribution >= 4 is 17.5 Å². The second kappa shape index (κ2) is 7.26. The van der Waals surface area contributed by atoms with Crippen LogP contribution in [0.4, 0.5) is 13.2 Å². The Morgan fingerprint density at radius 3 is 2.55 bits per heavy atom. The molecule has 1 aliphatic heterocycles. The maximum Gasteiger partial charge on any atom is 0.416 e. The molecule has 0 unspecified atom stereocenters.